The molecule has 0 saturated carbocycles. The van der Waals surface area contributed by atoms with Gasteiger partial charge in [0.1, 0.15) is 23.0 Å². The van der Waals surface area contributed by atoms with Gasteiger partial charge in [0.15, 0.2) is 53.6 Å². The number of methoxy groups -OCH3 is 3. The zero-order valence-corrected chi connectivity index (χ0v) is 51.6. The Kier molecular flexibility index (Phi) is 29.8. The average molecular weight is 1280 g/mol. The van der Waals surface area contributed by atoms with Gasteiger partial charge in [0, 0.05) is 51.9 Å². The number of ether oxygens (including phenoxy) is 4. The first kappa shape index (κ1) is 73.6. The second-order valence-electron chi connectivity index (χ2n) is 21.0. The van der Waals surface area contributed by atoms with Crippen LogP contribution in [0.25, 0.3) is 0 Å². The number of amides is 4. The zero-order chi connectivity index (χ0) is 68.0. The number of guanidine groups is 4. The van der Waals surface area contributed by atoms with Gasteiger partial charge in [-0.1, -0.05) is 24.3 Å². The molecule has 0 fully saturated rings. The number of ketones is 4. The molecule has 4 aromatic rings. The zero-order valence-electron chi connectivity index (χ0n) is 51.6. The second kappa shape index (κ2) is 37.2. The minimum atomic E-state index is -1.34. The molecular weight excluding hydrogens is 1190 g/mol. The molecule has 0 saturated heterocycles. The van der Waals surface area contributed by atoms with E-state index in [4.69, 9.17) is 76.3 Å². The molecule has 31 nitrogen and oxygen atoms in total. The van der Waals surface area contributed by atoms with E-state index in [0.717, 1.165) is 0 Å². The fraction of sp³-hybridized carbons (Fsp3) is 0.393. The van der Waals surface area contributed by atoms with E-state index >= 15 is 0 Å². The average Bonchev–Trinajstić information content (AvgIpc) is 1.02. The van der Waals surface area contributed by atoms with Gasteiger partial charge in [-0.05, 0) is 122 Å². The summed E-state index contributed by atoms with van der Waals surface area (Å²) in [6.45, 7) is -0.305. The van der Waals surface area contributed by atoms with Crippen molar-refractivity contribution in [1.29, 1.82) is 0 Å². The van der Waals surface area contributed by atoms with Crippen molar-refractivity contribution in [2.24, 2.45) is 77.3 Å². The number of hydrogen-bond donors (Lipinski definition) is 14. The quantitative estimate of drug-likeness (QED) is 0.0139. The molecule has 0 radical (unpaired) electrons. The molecule has 92 heavy (non-hydrogen) atoms. The number of carboxylic acid groups (broad SMARTS) is 1. The van der Waals surface area contributed by atoms with Crippen LogP contribution in [0.4, 0.5) is 0 Å². The summed E-state index contributed by atoms with van der Waals surface area (Å²) in [6.07, 6.45) is 0.267. The third-order valence-corrected chi connectivity index (χ3v) is 14.0. The molecule has 4 rings (SSSR count). The van der Waals surface area contributed by atoms with E-state index in [2.05, 4.69) is 35.9 Å². The van der Waals surface area contributed by atoms with Crippen LogP contribution in [-0.4, -0.2) is 160 Å². The molecule has 0 heterocycles. The van der Waals surface area contributed by atoms with E-state index in [1.165, 1.54) is 82.0 Å². The van der Waals surface area contributed by atoms with Crippen molar-refractivity contribution in [2.75, 3.05) is 54.1 Å². The van der Waals surface area contributed by atoms with Crippen LogP contribution >= 0.6 is 0 Å². The van der Waals surface area contributed by atoms with Crippen LogP contribution in [0.15, 0.2) is 92.8 Å². The van der Waals surface area contributed by atoms with Gasteiger partial charge in [-0.25, -0.2) is 4.79 Å². The van der Waals surface area contributed by atoms with Crippen molar-refractivity contribution < 1.29 is 67.2 Å². The molecule has 0 aliphatic rings. The molecule has 4 aromatic carbocycles. The van der Waals surface area contributed by atoms with E-state index in [1.807, 2.05) is 0 Å². The Hall–Kier alpha value is -10.9. The third kappa shape index (κ3) is 24.6. The number of carbonyl (C=O) groups is 9. The Balaban J connectivity index is 1.63. The molecule has 0 unspecified atom stereocenters. The van der Waals surface area contributed by atoms with Crippen LogP contribution in [0.2, 0.25) is 0 Å². The molecular formula is C61H83N17O14. The lowest BCUT2D eigenvalue weighted by atomic mass is 9.96. The van der Waals surface area contributed by atoms with Crippen molar-refractivity contribution in [3.8, 4) is 23.0 Å². The number of rotatable bonds is 41. The summed E-state index contributed by atoms with van der Waals surface area (Å²) in [5, 5.41) is 17.7. The van der Waals surface area contributed by atoms with Crippen molar-refractivity contribution >= 4 is 76.6 Å². The maximum absolute atomic E-state index is 14.5. The standard InChI is InChI=1S/C61H83N17O14/c1-89-49-16-12-33(24-37(49)54(63)85)29-46(80)42(9-5-21-73-59(66)67)76-55(86)38-25-35(13-17-50(38)90-2)30-47(81)43(10-6-22-74-60(68)69)77-56(87)39-26-36(14-18-51(39)91-3)31-48(82)44(11-7-23-75-61(70)71)78-57(88)40-27-34(15-19-52(40)92-32-53(83)84)28-45(79)41(62)8-4-20-72-58(64)65/h12-19,24-27,41-44H,4-11,20-23,28-32,62H2,1-3H3,(H2,63,85)(H,76,86)(H,77,87)(H,78,88)(H,83,84)(H4,64,65,72)(H4,66,67,73)(H4,68,69,74)(H4,70,71,75)/t41-,42-,43-,44-/m0/s1. The van der Waals surface area contributed by atoms with Crippen molar-refractivity contribution in [2.45, 2.75) is 101 Å². The summed E-state index contributed by atoms with van der Waals surface area (Å²) < 4.78 is 21.8. The maximum Gasteiger partial charge on any atom is 0.341 e. The number of nitrogens with two attached hydrogens (primary N) is 10. The smallest absolute Gasteiger partial charge is 0.341 e. The van der Waals surface area contributed by atoms with Crippen LogP contribution in [0.3, 0.4) is 0 Å². The van der Waals surface area contributed by atoms with Crippen LogP contribution in [-0.2, 0) is 49.7 Å². The molecule has 31 heteroatoms. The maximum atomic E-state index is 14.5. The number of carboxylic acids is 1. The minimum Gasteiger partial charge on any atom is -0.496 e. The number of carbonyl (C=O) groups excluding carboxylic acids is 8. The first-order valence-electron chi connectivity index (χ1n) is 29.0. The fourth-order valence-electron chi connectivity index (χ4n) is 9.42. The molecule has 0 aromatic heterocycles. The SMILES string of the molecule is COc1ccc(CC(=O)[C@H](CCCN=C(N)N)NC(=O)c2cc(CC(=O)[C@H](CCCN=C(N)N)NC(=O)c3cc(CC(=O)[C@H](CCCN=C(N)N)NC(=O)c4cc(CC(=O)[C@@H](N)CCCN=C(N)N)ccc4OCC(=O)O)ccc3OC)ccc2OC)cc1C(N)=O. The predicted molar refractivity (Wildman–Crippen MR) is 343 cm³/mol. The Bertz CT molecular complexity index is 3410. The van der Waals surface area contributed by atoms with Crippen LogP contribution in [0.5, 0.6) is 23.0 Å². The predicted octanol–water partition coefficient (Wildman–Crippen LogP) is -1.34. The van der Waals surface area contributed by atoms with Crippen molar-refractivity contribution in [1.82, 2.24) is 16.0 Å². The van der Waals surface area contributed by atoms with E-state index in [9.17, 15) is 48.3 Å². The Morgan fingerprint density at radius 2 is 0.696 bits per heavy atom. The van der Waals surface area contributed by atoms with Gasteiger partial charge in [0.25, 0.3) is 23.6 Å². The molecule has 0 aliphatic heterocycles. The number of Topliss-reactive ketones (excluding diaryl/α,β-unsaturated/α-hetero) is 4. The van der Waals surface area contributed by atoms with Gasteiger partial charge in [0.2, 0.25) is 0 Å². The normalized spacial score (nSPS) is 12.0. The fourth-order valence-corrected chi connectivity index (χ4v) is 9.42. The van der Waals surface area contributed by atoms with Gasteiger partial charge in [-0.3, -0.25) is 58.3 Å². The van der Waals surface area contributed by atoms with E-state index < -0.39 is 77.7 Å². The molecule has 496 valence electrons. The van der Waals surface area contributed by atoms with E-state index in [-0.39, 0.29) is 177 Å². The highest BCUT2D eigenvalue weighted by atomic mass is 16.5. The van der Waals surface area contributed by atoms with Gasteiger partial charge in [-0.15, -0.1) is 0 Å². The van der Waals surface area contributed by atoms with Gasteiger partial charge in [-0.2, -0.15) is 0 Å². The Morgan fingerprint density at radius 3 is 1.00 bits per heavy atom. The number of nitrogens with one attached hydrogen (secondary N) is 3. The number of aliphatic carboxylic acids is 1. The summed E-state index contributed by atoms with van der Waals surface area (Å²) >= 11 is 0. The molecule has 4 amide bonds. The lowest BCUT2D eigenvalue weighted by Crippen LogP contribution is -2.42. The highest BCUT2D eigenvalue weighted by Crippen LogP contribution is 2.27. The summed E-state index contributed by atoms with van der Waals surface area (Å²) in [7, 11) is 4.01. The first-order chi connectivity index (χ1) is 43.7. The summed E-state index contributed by atoms with van der Waals surface area (Å²) in [6, 6.07) is 13.0. The van der Waals surface area contributed by atoms with Crippen LogP contribution in [0.1, 0.15) is 115 Å². The number of aliphatic imine (C=N–C) groups is 4. The van der Waals surface area contributed by atoms with Crippen LogP contribution in [0, 0.1) is 0 Å². The highest BCUT2D eigenvalue weighted by molar-refractivity contribution is 6.04. The number of benzene rings is 4. The van der Waals surface area contributed by atoms with Gasteiger partial charge in [0.05, 0.1) is 67.8 Å². The number of primary amides is 1. The van der Waals surface area contributed by atoms with Gasteiger partial charge >= 0.3 is 5.97 Å². The topological polar surface area (TPSA) is 557 Å². The molecule has 4 atom stereocenters. The second-order valence-corrected chi connectivity index (χ2v) is 21.0. The molecule has 24 N–H and O–H groups in total. The highest BCUT2D eigenvalue weighted by Gasteiger charge is 2.29. The van der Waals surface area contributed by atoms with Crippen molar-refractivity contribution in [3.05, 3.63) is 117 Å². The Labute approximate surface area is 530 Å². The van der Waals surface area contributed by atoms with Gasteiger partial charge < -0.3 is 97.3 Å². The summed E-state index contributed by atoms with van der Waals surface area (Å²) in [5.74, 6) is -6.87. The number of nitrogens with zero attached hydrogens (tertiary/aromatic N) is 4. The van der Waals surface area contributed by atoms with E-state index in [1.54, 1.807) is 12.1 Å². The van der Waals surface area contributed by atoms with E-state index in [0.29, 0.717) is 23.1 Å². The lowest BCUT2D eigenvalue weighted by molar-refractivity contribution is -0.139. The van der Waals surface area contributed by atoms with Crippen LogP contribution < -0.4 is 92.2 Å². The molecule has 0 spiro atoms. The number of hydrogen-bond acceptors (Lipinski definition) is 18. The minimum absolute atomic E-state index is 0.0120. The lowest BCUT2D eigenvalue weighted by Gasteiger charge is -2.21. The molecule has 0 bridgehead atoms. The van der Waals surface area contributed by atoms with Crippen molar-refractivity contribution in [3.63, 3.8) is 0 Å². The monoisotopic (exact) mass is 1280 g/mol. The Morgan fingerprint density at radius 1 is 0.413 bits per heavy atom. The third-order valence-electron chi connectivity index (χ3n) is 14.0. The summed E-state index contributed by atoms with van der Waals surface area (Å²) in [4.78, 5) is 139. The largest absolute Gasteiger partial charge is 0.496 e. The molecule has 0 aliphatic carbocycles. The first-order valence-corrected chi connectivity index (χ1v) is 29.0. The summed E-state index contributed by atoms with van der Waals surface area (Å²) in [5.41, 5.74) is 56.9.